The second-order valence-electron chi connectivity index (χ2n) is 3.44. The summed E-state index contributed by atoms with van der Waals surface area (Å²) in [7, 11) is 0. The summed E-state index contributed by atoms with van der Waals surface area (Å²) in [5.41, 5.74) is 2.24. The largest absolute Gasteiger partial charge is 0.281 e. The number of H-pyrrole nitrogens is 1. The van der Waals surface area contributed by atoms with Crippen molar-refractivity contribution in [3.63, 3.8) is 0 Å². The van der Waals surface area contributed by atoms with Crippen LogP contribution in [0, 0.1) is 0 Å². The summed E-state index contributed by atoms with van der Waals surface area (Å²) in [6.45, 7) is 0. The number of hydrogen-bond donors (Lipinski definition) is 1. The average molecular weight is 238 g/mol. The monoisotopic (exact) mass is 237 g/mol. The highest BCUT2D eigenvalue weighted by atomic mass is 79.9. The van der Waals surface area contributed by atoms with Gasteiger partial charge in [0.05, 0.1) is 6.20 Å². The predicted molar refractivity (Wildman–Crippen MR) is 53.6 cm³/mol. The Kier molecular flexibility index (Phi) is 1.47. The van der Waals surface area contributed by atoms with Crippen LogP contribution in [0.3, 0.4) is 0 Å². The number of nitrogens with zero attached hydrogens (tertiary/aromatic N) is 2. The molecule has 0 radical (unpaired) electrons. The van der Waals surface area contributed by atoms with Gasteiger partial charge in [0.1, 0.15) is 10.1 Å². The van der Waals surface area contributed by atoms with Crippen LogP contribution in [0.4, 0.5) is 0 Å². The molecule has 1 N–H and O–H groups in total. The van der Waals surface area contributed by atoms with Crippen LogP contribution < -0.4 is 0 Å². The first kappa shape index (κ1) is 7.50. The summed E-state index contributed by atoms with van der Waals surface area (Å²) in [4.78, 5) is 4.13. The predicted octanol–water partition coefficient (Wildman–Crippen LogP) is 2.60. The van der Waals surface area contributed by atoms with Crippen molar-refractivity contribution in [1.29, 1.82) is 0 Å². The highest BCUT2D eigenvalue weighted by Gasteiger charge is 2.27. The Morgan fingerprint density at radius 1 is 1.46 bits per heavy atom. The molecule has 4 heteroatoms. The molecule has 2 heterocycles. The fourth-order valence-electron chi connectivity index (χ4n) is 1.59. The molecule has 13 heavy (non-hydrogen) atoms. The Morgan fingerprint density at radius 3 is 3.08 bits per heavy atom. The van der Waals surface area contributed by atoms with Gasteiger partial charge in [-0.3, -0.25) is 5.10 Å². The summed E-state index contributed by atoms with van der Waals surface area (Å²) in [6.07, 6.45) is 4.37. The van der Waals surface area contributed by atoms with Crippen LogP contribution in [0.2, 0.25) is 0 Å². The summed E-state index contributed by atoms with van der Waals surface area (Å²) < 4.78 is 0.878. The smallest absolute Gasteiger partial charge is 0.111 e. The minimum absolute atomic E-state index is 0.708. The first-order valence-corrected chi connectivity index (χ1v) is 5.13. The molecule has 0 aliphatic heterocycles. The summed E-state index contributed by atoms with van der Waals surface area (Å²) >= 11 is 3.37. The lowest BCUT2D eigenvalue weighted by Crippen LogP contribution is -1.79. The maximum absolute atomic E-state index is 4.21. The van der Waals surface area contributed by atoms with E-state index in [-0.39, 0.29) is 0 Å². The minimum Gasteiger partial charge on any atom is -0.281 e. The molecule has 1 aliphatic carbocycles. The third-order valence-electron chi connectivity index (χ3n) is 2.42. The van der Waals surface area contributed by atoms with Crippen molar-refractivity contribution in [2.24, 2.45) is 0 Å². The van der Waals surface area contributed by atoms with Crippen molar-refractivity contribution < 1.29 is 0 Å². The van der Waals surface area contributed by atoms with Gasteiger partial charge in [-0.15, -0.1) is 0 Å². The lowest BCUT2D eigenvalue weighted by atomic mass is 10.2. The number of halogens is 1. The first-order valence-electron chi connectivity index (χ1n) is 4.34. The molecule has 0 atom stereocenters. The standard InChI is InChI=1S/C9H8BrN3/c10-8-3-6-7(4-11-8)12-13-9(6)5-1-2-5/h3-5H,1-2H2,(H,12,13). The molecule has 1 saturated carbocycles. The van der Waals surface area contributed by atoms with E-state index < -0.39 is 0 Å². The zero-order valence-corrected chi connectivity index (χ0v) is 8.50. The van der Waals surface area contributed by atoms with E-state index in [1.54, 1.807) is 6.20 Å². The molecule has 1 fully saturated rings. The molecule has 0 unspecified atom stereocenters. The maximum atomic E-state index is 4.21. The zero-order chi connectivity index (χ0) is 8.84. The van der Waals surface area contributed by atoms with Crippen LogP contribution in [0.5, 0.6) is 0 Å². The van der Waals surface area contributed by atoms with Gasteiger partial charge < -0.3 is 0 Å². The number of aromatic nitrogens is 3. The number of aromatic amines is 1. The quantitative estimate of drug-likeness (QED) is 0.776. The van der Waals surface area contributed by atoms with Gasteiger partial charge in [-0.1, -0.05) is 0 Å². The van der Waals surface area contributed by atoms with Crippen LogP contribution in [0.1, 0.15) is 24.5 Å². The maximum Gasteiger partial charge on any atom is 0.111 e. The van der Waals surface area contributed by atoms with E-state index in [9.17, 15) is 0 Å². The molecule has 0 amide bonds. The van der Waals surface area contributed by atoms with Gasteiger partial charge in [0.2, 0.25) is 0 Å². The summed E-state index contributed by atoms with van der Waals surface area (Å²) in [5.74, 6) is 0.708. The molecular weight excluding hydrogens is 230 g/mol. The Morgan fingerprint density at radius 2 is 2.31 bits per heavy atom. The van der Waals surface area contributed by atoms with Crippen LogP contribution in [0.25, 0.3) is 10.9 Å². The highest BCUT2D eigenvalue weighted by molar-refractivity contribution is 9.10. The van der Waals surface area contributed by atoms with E-state index in [1.807, 2.05) is 6.07 Å². The van der Waals surface area contributed by atoms with E-state index in [4.69, 9.17) is 0 Å². The topological polar surface area (TPSA) is 41.6 Å². The van der Waals surface area contributed by atoms with Crippen molar-refractivity contribution in [3.8, 4) is 0 Å². The van der Waals surface area contributed by atoms with Crippen molar-refractivity contribution in [2.75, 3.05) is 0 Å². The fourth-order valence-corrected chi connectivity index (χ4v) is 1.92. The average Bonchev–Trinajstić information content (AvgIpc) is 2.87. The molecule has 3 nitrogen and oxygen atoms in total. The van der Waals surface area contributed by atoms with Gasteiger partial charge in [0, 0.05) is 17.0 Å². The SMILES string of the molecule is Brc1cc2c(C3CC3)[nH]nc2cn1. The normalized spacial score (nSPS) is 16.7. The van der Waals surface area contributed by atoms with Crippen molar-refractivity contribution in [3.05, 3.63) is 22.6 Å². The Bertz CT molecular complexity index is 459. The Hall–Kier alpha value is -0.900. The fraction of sp³-hybridized carbons (Fsp3) is 0.333. The van der Waals surface area contributed by atoms with Gasteiger partial charge in [0.15, 0.2) is 0 Å². The van der Waals surface area contributed by atoms with Crippen molar-refractivity contribution in [2.45, 2.75) is 18.8 Å². The molecule has 2 aromatic heterocycles. The molecule has 0 spiro atoms. The van der Waals surface area contributed by atoms with Gasteiger partial charge >= 0.3 is 0 Å². The van der Waals surface area contributed by atoms with Crippen LogP contribution in [-0.4, -0.2) is 15.2 Å². The Balaban J connectivity index is 2.29. The number of nitrogens with one attached hydrogen (secondary N) is 1. The lowest BCUT2D eigenvalue weighted by molar-refractivity contribution is 0.978. The van der Waals surface area contributed by atoms with E-state index >= 15 is 0 Å². The molecule has 3 rings (SSSR count). The molecule has 0 aromatic carbocycles. The number of rotatable bonds is 1. The molecule has 0 bridgehead atoms. The molecule has 66 valence electrons. The number of pyridine rings is 1. The summed E-state index contributed by atoms with van der Waals surface area (Å²) in [6, 6.07) is 2.03. The van der Waals surface area contributed by atoms with Crippen LogP contribution in [-0.2, 0) is 0 Å². The third kappa shape index (κ3) is 1.16. The van der Waals surface area contributed by atoms with Crippen LogP contribution in [0.15, 0.2) is 16.9 Å². The minimum atomic E-state index is 0.708. The van der Waals surface area contributed by atoms with E-state index in [2.05, 4.69) is 31.1 Å². The van der Waals surface area contributed by atoms with Crippen LogP contribution >= 0.6 is 15.9 Å². The molecule has 2 aromatic rings. The zero-order valence-electron chi connectivity index (χ0n) is 6.92. The number of fused-ring (bicyclic) bond motifs is 1. The Labute approximate surface area is 83.7 Å². The molecular formula is C9H8BrN3. The highest BCUT2D eigenvalue weighted by Crippen LogP contribution is 2.41. The molecule has 0 saturated heterocycles. The first-order chi connectivity index (χ1) is 6.34. The molecule has 1 aliphatic rings. The van der Waals surface area contributed by atoms with Crippen molar-refractivity contribution >= 4 is 26.8 Å². The second kappa shape index (κ2) is 2.54. The second-order valence-corrected chi connectivity index (χ2v) is 4.25. The lowest BCUT2D eigenvalue weighted by Gasteiger charge is -1.93. The number of hydrogen-bond acceptors (Lipinski definition) is 2. The summed E-state index contributed by atoms with van der Waals surface area (Å²) in [5, 5.41) is 8.52. The van der Waals surface area contributed by atoms with E-state index in [0.29, 0.717) is 5.92 Å². The van der Waals surface area contributed by atoms with E-state index in [0.717, 1.165) is 10.1 Å². The van der Waals surface area contributed by atoms with E-state index in [1.165, 1.54) is 23.9 Å². The van der Waals surface area contributed by atoms with Gasteiger partial charge in [0.25, 0.3) is 0 Å². The van der Waals surface area contributed by atoms with Crippen molar-refractivity contribution in [1.82, 2.24) is 15.2 Å². The third-order valence-corrected chi connectivity index (χ3v) is 2.86. The van der Waals surface area contributed by atoms with Gasteiger partial charge in [-0.2, -0.15) is 5.10 Å². The van der Waals surface area contributed by atoms with Gasteiger partial charge in [-0.25, -0.2) is 4.98 Å². The van der Waals surface area contributed by atoms with Gasteiger partial charge in [-0.05, 0) is 34.8 Å².